The zero-order valence-electron chi connectivity index (χ0n) is 11.7. The molecule has 2 atom stereocenters. The number of fused-ring (bicyclic) bond motifs is 1. The fourth-order valence-corrected chi connectivity index (χ4v) is 3.15. The minimum Gasteiger partial charge on any atom is -0.349 e. The van der Waals surface area contributed by atoms with Gasteiger partial charge in [-0.3, -0.25) is 9.59 Å². The molecule has 4 heteroatoms. The topological polar surface area (TPSA) is 58.2 Å². The van der Waals surface area contributed by atoms with Gasteiger partial charge in [0.1, 0.15) is 0 Å². The van der Waals surface area contributed by atoms with Crippen LogP contribution in [0.25, 0.3) is 0 Å². The molecule has 0 aromatic heterocycles. The Balaban J connectivity index is 1.71. The number of anilines is 1. The Kier molecular flexibility index (Phi) is 3.47. The maximum absolute atomic E-state index is 12.3. The molecule has 0 bridgehead atoms. The highest BCUT2D eigenvalue weighted by Crippen LogP contribution is 2.26. The zero-order valence-corrected chi connectivity index (χ0v) is 11.7. The Morgan fingerprint density at radius 1 is 1.30 bits per heavy atom. The van der Waals surface area contributed by atoms with Gasteiger partial charge in [0.05, 0.1) is 6.42 Å². The van der Waals surface area contributed by atoms with E-state index in [0.717, 1.165) is 17.7 Å². The summed E-state index contributed by atoms with van der Waals surface area (Å²) in [5.74, 6) is 0.523. The van der Waals surface area contributed by atoms with Crippen molar-refractivity contribution in [1.29, 1.82) is 0 Å². The van der Waals surface area contributed by atoms with Crippen molar-refractivity contribution in [2.24, 2.45) is 5.92 Å². The first-order valence-corrected chi connectivity index (χ1v) is 7.37. The molecule has 2 unspecified atom stereocenters. The average Bonchev–Trinajstić information content (AvgIpc) is 2.80. The summed E-state index contributed by atoms with van der Waals surface area (Å²) in [5.41, 5.74) is 2.40. The van der Waals surface area contributed by atoms with E-state index >= 15 is 0 Å². The summed E-state index contributed by atoms with van der Waals surface area (Å²) < 4.78 is 0. The summed E-state index contributed by atoms with van der Waals surface area (Å²) in [4.78, 5) is 23.7. The molecular formula is C16H20N2O2. The lowest BCUT2D eigenvalue weighted by molar-refractivity contribution is -0.115. The van der Waals surface area contributed by atoms with Gasteiger partial charge in [0.25, 0.3) is 5.91 Å². The fraction of sp³-hybridized carbons (Fsp3) is 0.500. The first-order valence-electron chi connectivity index (χ1n) is 7.37. The van der Waals surface area contributed by atoms with Crippen molar-refractivity contribution in [3.63, 3.8) is 0 Å². The average molecular weight is 272 g/mol. The van der Waals surface area contributed by atoms with Gasteiger partial charge in [-0.25, -0.2) is 0 Å². The highest BCUT2D eigenvalue weighted by Gasteiger charge is 2.24. The number of hydrogen-bond donors (Lipinski definition) is 2. The molecule has 1 heterocycles. The Labute approximate surface area is 118 Å². The van der Waals surface area contributed by atoms with Crippen molar-refractivity contribution in [3.05, 3.63) is 29.3 Å². The molecular weight excluding hydrogens is 252 g/mol. The summed E-state index contributed by atoms with van der Waals surface area (Å²) >= 11 is 0. The zero-order chi connectivity index (χ0) is 14.1. The van der Waals surface area contributed by atoms with Crippen molar-refractivity contribution in [2.45, 2.75) is 45.1 Å². The second kappa shape index (κ2) is 5.27. The summed E-state index contributed by atoms with van der Waals surface area (Å²) in [7, 11) is 0. The van der Waals surface area contributed by atoms with Gasteiger partial charge in [-0.15, -0.1) is 0 Å². The molecule has 4 nitrogen and oxygen atoms in total. The van der Waals surface area contributed by atoms with Crippen molar-refractivity contribution in [3.8, 4) is 0 Å². The van der Waals surface area contributed by atoms with Crippen LogP contribution in [0.15, 0.2) is 18.2 Å². The lowest BCUT2D eigenvalue weighted by Gasteiger charge is -2.29. The van der Waals surface area contributed by atoms with E-state index in [1.807, 2.05) is 12.1 Å². The van der Waals surface area contributed by atoms with E-state index < -0.39 is 0 Å². The molecule has 0 spiro atoms. The van der Waals surface area contributed by atoms with Crippen molar-refractivity contribution in [1.82, 2.24) is 5.32 Å². The van der Waals surface area contributed by atoms with Crippen LogP contribution in [0.5, 0.6) is 0 Å². The Morgan fingerprint density at radius 3 is 2.90 bits per heavy atom. The molecule has 106 valence electrons. The molecule has 2 N–H and O–H groups in total. The second-order valence-electron chi connectivity index (χ2n) is 5.94. The second-order valence-corrected chi connectivity index (χ2v) is 5.94. The third-order valence-electron chi connectivity index (χ3n) is 4.42. The van der Waals surface area contributed by atoms with Gasteiger partial charge >= 0.3 is 0 Å². The van der Waals surface area contributed by atoms with E-state index in [2.05, 4.69) is 17.6 Å². The monoisotopic (exact) mass is 272 g/mol. The Bertz CT molecular complexity index is 553. The minimum atomic E-state index is -0.0223. The lowest BCUT2D eigenvalue weighted by atomic mass is 9.86. The maximum Gasteiger partial charge on any atom is 0.251 e. The number of hydrogen-bond acceptors (Lipinski definition) is 2. The van der Waals surface area contributed by atoms with Gasteiger partial charge in [-0.2, -0.15) is 0 Å². The predicted octanol–water partition coefficient (Wildman–Crippen LogP) is 2.49. The Hall–Kier alpha value is -1.84. The standard InChI is InChI=1S/C16H20N2O2/c1-10-4-2-3-5-13(10)18-16(20)11-6-7-14-12(8-11)9-15(19)17-14/h6-8,10,13H,2-5,9H2,1H3,(H,17,19)(H,18,20). The molecule has 0 saturated heterocycles. The van der Waals surface area contributed by atoms with E-state index in [4.69, 9.17) is 0 Å². The molecule has 1 aromatic rings. The van der Waals surface area contributed by atoms with E-state index in [1.54, 1.807) is 6.07 Å². The quantitative estimate of drug-likeness (QED) is 0.869. The van der Waals surface area contributed by atoms with Crippen molar-refractivity contribution in [2.75, 3.05) is 5.32 Å². The first-order chi connectivity index (χ1) is 9.63. The minimum absolute atomic E-state index is 0.00143. The molecule has 1 fully saturated rings. The largest absolute Gasteiger partial charge is 0.349 e. The van der Waals surface area contributed by atoms with Crippen LogP contribution >= 0.6 is 0 Å². The van der Waals surface area contributed by atoms with Crippen molar-refractivity contribution < 1.29 is 9.59 Å². The predicted molar refractivity (Wildman–Crippen MR) is 77.7 cm³/mol. The molecule has 1 aromatic carbocycles. The Morgan fingerprint density at radius 2 is 2.10 bits per heavy atom. The van der Waals surface area contributed by atoms with E-state index in [0.29, 0.717) is 17.9 Å². The van der Waals surface area contributed by atoms with E-state index in [9.17, 15) is 9.59 Å². The number of nitrogens with one attached hydrogen (secondary N) is 2. The van der Waals surface area contributed by atoms with Gasteiger partial charge in [0.15, 0.2) is 0 Å². The van der Waals surface area contributed by atoms with Gasteiger partial charge in [-0.1, -0.05) is 19.8 Å². The third kappa shape index (κ3) is 2.55. The van der Waals surface area contributed by atoms with Crippen LogP contribution in [0, 0.1) is 5.92 Å². The van der Waals surface area contributed by atoms with Gasteiger partial charge in [0, 0.05) is 17.3 Å². The molecule has 20 heavy (non-hydrogen) atoms. The fourth-order valence-electron chi connectivity index (χ4n) is 3.15. The van der Waals surface area contributed by atoms with Crippen LogP contribution in [0.2, 0.25) is 0 Å². The summed E-state index contributed by atoms with van der Waals surface area (Å²) in [6.07, 6.45) is 5.08. The van der Waals surface area contributed by atoms with Crippen LogP contribution in [-0.2, 0) is 11.2 Å². The summed E-state index contributed by atoms with van der Waals surface area (Å²) in [6.45, 7) is 2.20. The summed E-state index contributed by atoms with van der Waals surface area (Å²) in [6, 6.07) is 5.72. The number of carbonyl (C=O) groups excluding carboxylic acids is 2. The SMILES string of the molecule is CC1CCCCC1NC(=O)c1ccc2c(c1)CC(=O)N2. The molecule has 3 rings (SSSR count). The van der Waals surface area contributed by atoms with Gasteiger partial charge < -0.3 is 10.6 Å². The van der Waals surface area contributed by atoms with Crippen LogP contribution in [0.4, 0.5) is 5.69 Å². The first kappa shape index (κ1) is 13.2. The van der Waals surface area contributed by atoms with Crippen LogP contribution < -0.4 is 10.6 Å². The van der Waals surface area contributed by atoms with Crippen LogP contribution in [0.3, 0.4) is 0 Å². The number of carbonyl (C=O) groups is 2. The number of amides is 2. The molecule has 2 amide bonds. The van der Waals surface area contributed by atoms with Gasteiger partial charge in [0.2, 0.25) is 5.91 Å². The highest BCUT2D eigenvalue weighted by atomic mass is 16.2. The number of rotatable bonds is 2. The molecule has 1 aliphatic carbocycles. The van der Waals surface area contributed by atoms with Crippen LogP contribution in [0.1, 0.15) is 48.5 Å². The normalized spacial score (nSPS) is 24.9. The third-order valence-corrected chi connectivity index (χ3v) is 4.42. The highest BCUT2D eigenvalue weighted by molar-refractivity contribution is 6.01. The van der Waals surface area contributed by atoms with Crippen molar-refractivity contribution >= 4 is 17.5 Å². The molecule has 1 aliphatic heterocycles. The maximum atomic E-state index is 12.3. The molecule has 0 radical (unpaired) electrons. The van der Waals surface area contributed by atoms with E-state index in [-0.39, 0.29) is 17.9 Å². The van der Waals surface area contributed by atoms with Gasteiger partial charge in [-0.05, 0) is 42.5 Å². The van der Waals surface area contributed by atoms with E-state index in [1.165, 1.54) is 19.3 Å². The molecule has 1 saturated carbocycles. The summed E-state index contributed by atoms with van der Waals surface area (Å²) in [5, 5.41) is 5.92. The number of benzene rings is 1. The molecule has 2 aliphatic rings. The van der Waals surface area contributed by atoms with Crippen LogP contribution in [-0.4, -0.2) is 17.9 Å². The smallest absolute Gasteiger partial charge is 0.251 e. The lowest BCUT2D eigenvalue weighted by Crippen LogP contribution is -2.41.